The van der Waals surface area contributed by atoms with Crippen LogP contribution in [0.1, 0.15) is 6.92 Å². The largest absolute Gasteiger partial charge is 0.394 e. The van der Waals surface area contributed by atoms with E-state index in [0.29, 0.717) is 6.54 Å². The Hall–Kier alpha value is -1.02. The number of hydrogen-bond acceptors (Lipinski definition) is 2. The van der Waals surface area contributed by atoms with Gasteiger partial charge in [-0.2, -0.15) is 0 Å². The monoisotopic (exact) mass is 152 g/mol. The van der Waals surface area contributed by atoms with E-state index in [4.69, 9.17) is 5.73 Å². The lowest BCUT2D eigenvalue weighted by Crippen LogP contribution is -2.02. The molecule has 0 aliphatic rings. The first-order valence-electron chi connectivity index (χ1n) is 3.71. The molecular formula is C9H16N2. The zero-order valence-corrected chi connectivity index (χ0v) is 7.17. The van der Waals surface area contributed by atoms with Gasteiger partial charge in [-0.1, -0.05) is 18.2 Å². The third kappa shape index (κ3) is 5.43. The van der Waals surface area contributed by atoms with Crippen molar-refractivity contribution in [3.8, 4) is 0 Å². The molecule has 0 aliphatic carbocycles. The maximum absolute atomic E-state index is 5.47. The predicted molar refractivity (Wildman–Crippen MR) is 50.2 cm³/mol. The molecule has 2 heteroatoms. The topological polar surface area (TPSA) is 38.0 Å². The van der Waals surface area contributed by atoms with E-state index in [0.717, 1.165) is 5.57 Å². The van der Waals surface area contributed by atoms with Crippen LogP contribution in [-0.2, 0) is 0 Å². The second kappa shape index (κ2) is 7.09. The quantitative estimate of drug-likeness (QED) is 0.594. The van der Waals surface area contributed by atoms with Crippen molar-refractivity contribution in [1.82, 2.24) is 5.32 Å². The van der Waals surface area contributed by atoms with Crippen LogP contribution in [0.15, 0.2) is 36.1 Å². The molecule has 0 saturated heterocycles. The van der Waals surface area contributed by atoms with E-state index in [2.05, 4.69) is 5.32 Å². The lowest BCUT2D eigenvalue weighted by atomic mass is 10.2. The van der Waals surface area contributed by atoms with Crippen molar-refractivity contribution in [1.29, 1.82) is 0 Å². The SMILES string of the molecule is C/C=C/C=C(\C=C/NC)CN. The minimum absolute atomic E-state index is 0.572. The van der Waals surface area contributed by atoms with Crippen molar-refractivity contribution in [3.05, 3.63) is 36.1 Å². The van der Waals surface area contributed by atoms with Crippen LogP contribution in [0.2, 0.25) is 0 Å². The molecule has 0 saturated carbocycles. The highest BCUT2D eigenvalue weighted by Crippen LogP contribution is 1.93. The summed E-state index contributed by atoms with van der Waals surface area (Å²) < 4.78 is 0. The van der Waals surface area contributed by atoms with Gasteiger partial charge in [0.1, 0.15) is 0 Å². The van der Waals surface area contributed by atoms with Gasteiger partial charge in [0, 0.05) is 13.6 Å². The molecule has 0 bridgehead atoms. The van der Waals surface area contributed by atoms with Gasteiger partial charge in [0.25, 0.3) is 0 Å². The third-order valence-corrected chi connectivity index (χ3v) is 1.20. The number of hydrogen-bond donors (Lipinski definition) is 2. The standard InChI is InChI=1S/C9H16N2/c1-3-4-5-9(8-10)6-7-11-2/h3-7,11H,8,10H2,1-2H3/b4-3+,7-6-,9-5+. The molecule has 0 rings (SSSR count). The fraction of sp³-hybridized carbons (Fsp3) is 0.333. The van der Waals surface area contributed by atoms with Crippen molar-refractivity contribution in [2.75, 3.05) is 13.6 Å². The van der Waals surface area contributed by atoms with Crippen LogP contribution in [0.25, 0.3) is 0 Å². The molecular weight excluding hydrogens is 136 g/mol. The zero-order valence-electron chi connectivity index (χ0n) is 7.17. The summed E-state index contributed by atoms with van der Waals surface area (Å²) >= 11 is 0. The molecule has 0 aromatic carbocycles. The smallest absolute Gasteiger partial charge is 0.0178 e. The van der Waals surface area contributed by atoms with Crippen LogP contribution in [0.5, 0.6) is 0 Å². The number of rotatable bonds is 4. The minimum atomic E-state index is 0.572. The molecule has 0 unspecified atom stereocenters. The van der Waals surface area contributed by atoms with E-state index < -0.39 is 0 Å². The molecule has 0 heterocycles. The number of nitrogens with one attached hydrogen (secondary N) is 1. The van der Waals surface area contributed by atoms with Crippen LogP contribution in [-0.4, -0.2) is 13.6 Å². The molecule has 0 amide bonds. The van der Waals surface area contributed by atoms with Gasteiger partial charge in [0.05, 0.1) is 0 Å². The van der Waals surface area contributed by atoms with Crippen molar-refractivity contribution >= 4 is 0 Å². The van der Waals surface area contributed by atoms with E-state index in [-0.39, 0.29) is 0 Å². The average molecular weight is 152 g/mol. The molecule has 3 N–H and O–H groups in total. The normalized spacial score (nSPS) is 13.2. The highest BCUT2D eigenvalue weighted by molar-refractivity contribution is 5.24. The van der Waals surface area contributed by atoms with E-state index >= 15 is 0 Å². The summed E-state index contributed by atoms with van der Waals surface area (Å²) in [7, 11) is 1.86. The highest BCUT2D eigenvalue weighted by atomic mass is 14.8. The van der Waals surface area contributed by atoms with Crippen molar-refractivity contribution in [3.63, 3.8) is 0 Å². The summed E-state index contributed by atoms with van der Waals surface area (Å²) in [4.78, 5) is 0. The summed E-state index contributed by atoms with van der Waals surface area (Å²) in [5.41, 5.74) is 6.58. The van der Waals surface area contributed by atoms with Gasteiger partial charge in [0.2, 0.25) is 0 Å². The maximum Gasteiger partial charge on any atom is 0.0178 e. The fourth-order valence-electron chi connectivity index (χ4n) is 0.602. The second-order valence-corrected chi connectivity index (χ2v) is 2.09. The van der Waals surface area contributed by atoms with Crippen LogP contribution >= 0.6 is 0 Å². The van der Waals surface area contributed by atoms with Gasteiger partial charge in [-0.15, -0.1) is 0 Å². The Bertz CT molecular complexity index is 166. The summed E-state index contributed by atoms with van der Waals surface area (Å²) in [6.07, 6.45) is 9.76. The van der Waals surface area contributed by atoms with Crippen LogP contribution in [0.3, 0.4) is 0 Å². The lowest BCUT2D eigenvalue weighted by Gasteiger charge is -1.93. The molecule has 62 valence electrons. The first-order chi connectivity index (χ1) is 5.35. The number of nitrogens with two attached hydrogens (primary N) is 1. The van der Waals surface area contributed by atoms with Gasteiger partial charge in [0.15, 0.2) is 0 Å². The molecule has 0 aromatic rings. The Labute approximate surface area is 68.5 Å². The van der Waals surface area contributed by atoms with Crippen molar-refractivity contribution < 1.29 is 0 Å². The Balaban J connectivity index is 4.04. The van der Waals surface area contributed by atoms with Crippen LogP contribution in [0.4, 0.5) is 0 Å². The average Bonchev–Trinajstić information content (AvgIpc) is 2.05. The minimum Gasteiger partial charge on any atom is -0.394 e. The maximum atomic E-state index is 5.47. The molecule has 0 fully saturated rings. The summed E-state index contributed by atoms with van der Waals surface area (Å²) in [5, 5.41) is 2.91. The highest BCUT2D eigenvalue weighted by Gasteiger charge is 1.82. The summed E-state index contributed by atoms with van der Waals surface area (Å²) in [6, 6.07) is 0. The molecule has 0 spiro atoms. The first-order valence-corrected chi connectivity index (χ1v) is 3.71. The first kappa shape index (κ1) is 9.98. The van der Waals surface area contributed by atoms with E-state index in [1.54, 1.807) is 0 Å². The molecule has 0 aromatic heterocycles. The second-order valence-electron chi connectivity index (χ2n) is 2.09. The molecule has 11 heavy (non-hydrogen) atoms. The van der Waals surface area contributed by atoms with Crippen LogP contribution in [0, 0.1) is 0 Å². The fourth-order valence-corrected chi connectivity index (χ4v) is 0.602. The van der Waals surface area contributed by atoms with Gasteiger partial charge in [-0.25, -0.2) is 0 Å². The van der Waals surface area contributed by atoms with E-state index in [1.165, 1.54) is 0 Å². The Kier molecular flexibility index (Phi) is 6.43. The summed E-state index contributed by atoms with van der Waals surface area (Å²) in [5.74, 6) is 0. The molecule has 0 radical (unpaired) electrons. The molecule has 0 aliphatic heterocycles. The van der Waals surface area contributed by atoms with Crippen molar-refractivity contribution in [2.45, 2.75) is 6.92 Å². The van der Waals surface area contributed by atoms with Gasteiger partial charge in [-0.05, 0) is 24.8 Å². The van der Waals surface area contributed by atoms with Crippen LogP contribution < -0.4 is 11.1 Å². The Morgan fingerprint density at radius 1 is 1.55 bits per heavy atom. The van der Waals surface area contributed by atoms with Gasteiger partial charge in [-0.3, -0.25) is 0 Å². The summed E-state index contributed by atoms with van der Waals surface area (Å²) in [6.45, 7) is 2.55. The van der Waals surface area contributed by atoms with E-state index in [9.17, 15) is 0 Å². The van der Waals surface area contributed by atoms with E-state index in [1.807, 2.05) is 44.5 Å². The van der Waals surface area contributed by atoms with Crippen molar-refractivity contribution in [2.24, 2.45) is 5.73 Å². The Morgan fingerprint density at radius 3 is 2.73 bits per heavy atom. The number of allylic oxidation sites excluding steroid dienone is 3. The molecule has 2 nitrogen and oxygen atoms in total. The lowest BCUT2D eigenvalue weighted by molar-refractivity contribution is 1.09. The van der Waals surface area contributed by atoms with Gasteiger partial charge < -0.3 is 11.1 Å². The third-order valence-electron chi connectivity index (χ3n) is 1.20. The predicted octanol–water partition coefficient (Wildman–Crippen LogP) is 1.18. The zero-order chi connectivity index (χ0) is 8.53. The molecule has 0 atom stereocenters. The Morgan fingerprint density at radius 2 is 2.27 bits per heavy atom. The van der Waals surface area contributed by atoms with Gasteiger partial charge >= 0.3 is 0 Å².